The number of benzene rings is 3. The van der Waals surface area contributed by atoms with Gasteiger partial charge in [-0.25, -0.2) is 0 Å². The Labute approximate surface area is 219 Å². The van der Waals surface area contributed by atoms with Crippen molar-refractivity contribution in [3.05, 3.63) is 109 Å². The molecule has 1 unspecified atom stereocenters. The number of carbonyl (C=O) groups excluding carboxylic acids is 1. The molecule has 1 atom stereocenters. The first kappa shape index (κ1) is 25.0. The first-order valence-corrected chi connectivity index (χ1v) is 12.7. The molecule has 4 rings (SSSR count). The fourth-order valence-electron chi connectivity index (χ4n) is 4.76. The summed E-state index contributed by atoms with van der Waals surface area (Å²) in [7, 11) is 0. The normalized spacial score (nSPS) is 15.8. The molecule has 3 aromatic rings. The van der Waals surface area contributed by atoms with Crippen LogP contribution in [0.1, 0.15) is 50.5 Å². The summed E-state index contributed by atoms with van der Waals surface area (Å²) < 4.78 is 0.878. The molecule has 0 bridgehead atoms. The van der Waals surface area contributed by atoms with Crippen LogP contribution in [0.25, 0.3) is 0 Å². The van der Waals surface area contributed by atoms with Gasteiger partial charge in [0, 0.05) is 34.1 Å². The van der Waals surface area contributed by atoms with Gasteiger partial charge in [-0.15, -0.1) is 0 Å². The van der Waals surface area contributed by atoms with Crippen molar-refractivity contribution in [1.29, 1.82) is 5.26 Å². The van der Waals surface area contributed by atoms with Gasteiger partial charge in [-0.3, -0.25) is 4.79 Å². The molecule has 0 fully saturated rings. The molecule has 0 aliphatic carbocycles. The molecule has 1 heterocycles. The number of aryl methyl sites for hydroxylation is 2. The third kappa shape index (κ3) is 5.78. The Morgan fingerprint density at radius 1 is 1.14 bits per heavy atom. The van der Waals surface area contributed by atoms with Crippen molar-refractivity contribution in [1.82, 2.24) is 4.90 Å². The number of phenolic OH excluding ortho intramolecular Hbond substituents is 1. The largest absolute Gasteiger partial charge is 0.508 e. The van der Waals surface area contributed by atoms with Crippen LogP contribution in [0.15, 0.2) is 70.7 Å². The number of hydrogen-bond acceptors (Lipinski definition) is 3. The Kier molecular flexibility index (Phi) is 7.64. The van der Waals surface area contributed by atoms with E-state index < -0.39 is 0 Å². The first-order chi connectivity index (χ1) is 16.7. The van der Waals surface area contributed by atoms with Gasteiger partial charge in [0.1, 0.15) is 5.75 Å². The van der Waals surface area contributed by atoms with Gasteiger partial charge in [0.25, 0.3) is 5.91 Å². The summed E-state index contributed by atoms with van der Waals surface area (Å²) in [6.45, 7) is 4.83. The predicted molar refractivity (Wildman–Crippen MR) is 143 cm³/mol. The molecule has 0 radical (unpaired) electrons. The highest BCUT2D eigenvalue weighted by atomic mass is 79.9. The molecule has 35 heavy (non-hydrogen) atoms. The summed E-state index contributed by atoms with van der Waals surface area (Å²) in [6.07, 6.45) is 3.61. The van der Waals surface area contributed by atoms with Crippen molar-refractivity contribution in [3.8, 4) is 11.8 Å². The van der Waals surface area contributed by atoms with Gasteiger partial charge in [0.15, 0.2) is 0 Å². The fourth-order valence-corrected chi connectivity index (χ4v) is 5.25. The zero-order valence-corrected chi connectivity index (χ0v) is 22.0. The van der Waals surface area contributed by atoms with Crippen LogP contribution in [-0.2, 0) is 6.42 Å². The predicted octanol–water partition coefficient (Wildman–Crippen LogP) is 7.10. The zero-order chi connectivity index (χ0) is 25.1. The second kappa shape index (κ2) is 10.7. The van der Waals surface area contributed by atoms with Crippen molar-refractivity contribution in [3.63, 3.8) is 0 Å². The smallest absolute Gasteiger partial charge is 0.254 e. The maximum atomic E-state index is 13.7. The van der Waals surface area contributed by atoms with Gasteiger partial charge in [0.2, 0.25) is 0 Å². The summed E-state index contributed by atoms with van der Waals surface area (Å²) >= 11 is 9.58. The van der Waals surface area contributed by atoms with Gasteiger partial charge in [0.05, 0.1) is 11.6 Å². The standard InChI is InChI=1S/C29H26BrClN2O2/c1-18-11-27(34)12-19(2)28(18)29(35)33-10-9-20(13-22-3-6-25(30)15-23(22)16-32)14-24(17-33)21-4-7-26(31)8-5-21/h3-8,11-12,14-15,24,34H,9-10,13,17H2,1-2H3. The molecule has 0 saturated heterocycles. The van der Waals surface area contributed by atoms with Gasteiger partial charge in [-0.05, 0) is 85.3 Å². The highest BCUT2D eigenvalue weighted by Crippen LogP contribution is 2.31. The summed E-state index contributed by atoms with van der Waals surface area (Å²) in [4.78, 5) is 15.6. The lowest BCUT2D eigenvalue weighted by Crippen LogP contribution is -2.35. The quantitative estimate of drug-likeness (QED) is 0.353. The number of nitrogens with zero attached hydrogens (tertiary/aromatic N) is 2. The Hall–Kier alpha value is -3.07. The minimum atomic E-state index is -0.0324. The van der Waals surface area contributed by atoms with E-state index in [9.17, 15) is 15.2 Å². The third-order valence-corrected chi connectivity index (χ3v) is 7.23. The number of hydrogen-bond donors (Lipinski definition) is 1. The van der Waals surface area contributed by atoms with E-state index in [1.54, 1.807) is 12.1 Å². The lowest BCUT2D eigenvalue weighted by molar-refractivity contribution is 0.0755. The molecular weight excluding hydrogens is 524 g/mol. The minimum Gasteiger partial charge on any atom is -0.508 e. The second-order valence-corrected chi connectivity index (χ2v) is 10.4. The molecule has 3 aromatic carbocycles. The highest BCUT2D eigenvalue weighted by molar-refractivity contribution is 9.10. The molecule has 0 spiro atoms. The number of amides is 1. The van der Waals surface area contributed by atoms with E-state index in [0.717, 1.165) is 26.7 Å². The van der Waals surface area contributed by atoms with Gasteiger partial charge in [-0.2, -0.15) is 5.26 Å². The average Bonchev–Trinajstić information content (AvgIpc) is 3.02. The van der Waals surface area contributed by atoms with Crippen molar-refractivity contribution in [2.45, 2.75) is 32.6 Å². The van der Waals surface area contributed by atoms with Crippen LogP contribution >= 0.6 is 27.5 Å². The third-order valence-electron chi connectivity index (χ3n) is 6.48. The molecular formula is C29H26BrClN2O2. The number of nitriles is 1. The zero-order valence-electron chi connectivity index (χ0n) is 19.7. The summed E-state index contributed by atoms with van der Waals surface area (Å²) in [5, 5.41) is 20.2. The molecule has 1 N–H and O–H groups in total. The van der Waals surface area contributed by atoms with Crippen molar-refractivity contribution in [2.75, 3.05) is 13.1 Å². The summed E-state index contributed by atoms with van der Waals surface area (Å²) in [5.41, 5.74) is 6.07. The van der Waals surface area contributed by atoms with Crippen LogP contribution in [0.4, 0.5) is 0 Å². The van der Waals surface area contributed by atoms with E-state index in [4.69, 9.17) is 11.6 Å². The molecule has 1 aliphatic heterocycles. The van der Waals surface area contributed by atoms with E-state index in [1.807, 2.05) is 61.2 Å². The Bertz CT molecular complexity index is 1320. The molecule has 4 nitrogen and oxygen atoms in total. The van der Waals surface area contributed by atoms with Gasteiger partial charge in [-0.1, -0.05) is 57.4 Å². The SMILES string of the molecule is Cc1cc(O)cc(C)c1C(=O)N1CCC(Cc2ccc(Br)cc2C#N)=CC(c2ccc(Cl)cc2)C1. The number of rotatable bonds is 4. The monoisotopic (exact) mass is 548 g/mol. The minimum absolute atomic E-state index is 0.00701. The van der Waals surface area contributed by atoms with Gasteiger partial charge < -0.3 is 10.0 Å². The van der Waals surface area contributed by atoms with E-state index in [0.29, 0.717) is 42.1 Å². The number of carbonyl (C=O) groups is 1. The first-order valence-electron chi connectivity index (χ1n) is 11.5. The lowest BCUT2D eigenvalue weighted by atomic mass is 9.93. The molecule has 0 saturated carbocycles. The van der Waals surface area contributed by atoms with Crippen LogP contribution < -0.4 is 0 Å². The number of halogens is 2. The molecule has 178 valence electrons. The molecule has 1 amide bonds. The van der Waals surface area contributed by atoms with Crippen molar-refractivity contribution in [2.24, 2.45) is 0 Å². The van der Waals surface area contributed by atoms with Crippen molar-refractivity contribution < 1.29 is 9.90 Å². The second-order valence-electron chi connectivity index (χ2n) is 9.03. The Morgan fingerprint density at radius 3 is 2.49 bits per heavy atom. The number of aromatic hydroxyl groups is 1. The molecule has 6 heteroatoms. The average molecular weight is 550 g/mol. The van der Waals surface area contributed by atoms with Crippen molar-refractivity contribution >= 4 is 33.4 Å². The highest BCUT2D eigenvalue weighted by Gasteiger charge is 2.26. The van der Waals surface area contributed by atoms with E-state index in [1.165, 1.54) is 5.57 Å². The van der Waals surface area contributed by atoms with Crippen LogP contribution in [0.5, 0.6) is 5.75 Å². The maximum absolute atomic E-state index is 13.7. The van der Waals surface area contributed by atoms with E-state index >= 15 is 0 Å². The fraction of sp³-hybridized carbons (Fsp3) is 0.241. The molecule has 1 aliphatic rings. The topological polar surface area (TPSA) is 64.3 Å². The van der Waals surface area contributed by atoms with E-state index in [-0.39, 0.29) is 17.6 Å². The van der Waals surface area contributed by atoms with Crippen LogP contribution in [0.3, 0.4) is 0 Å². The van der Waals surface area contributed by atoms with Crippen LogP contribution in [-0.4, -0.2) is 29.0 Å². The van der Waals surface area contributed by atoms with E-state index in [2.05, 4.69) is 28.1 Å². The van der Waals surface area contributed by atoms with Gasteiger partial charge >= 0.3 is 0 Å². The Balaban J connectivity index is 1.68. The summed E-state index contributed by atoms with van der Waals surface area (Å²) in [6, 6.07) is 19.1. The Morgan fingerprint density at radius 2 is 1.83 bits per heavy atom. The van der Waals surface area contributed by atoms with Crippen LogP contribution in [0.2, 0.25) is 5.02 Å². The molecule has 0 aromatic heterocycles. The maximum Gasteiger partial charge on any atom is 0.254 e. The van der Waals surface area contributed by atoms with Crippen LogP contribution in [0, 0.1) is 25.2 Å². The lowest BCUT2D eigenvalue weighted by Gasteiger charge is -2.26. The summed E-state index contributed by atoms with van der Waals surface area (Å²) in [5.74, 6) is 0.126. The number of phenols is 1.